The van der Waals surface area contributed by atoms with Crippen molar-refractivity contribution in [2.45, 2.75) is 6.92 Å². The largest absolute Gasteiger partial charge is 0.383 e. The molecule has 0 saturated heterocycles. The van der Waals surface area contributed by atoms with Crippen LogP contribution in [0, 0.1) is 6.92 Å². The fraction of sp³-hybridized carbons (Fsp3) is 0.0909. The predicted molar refractivity (Wildman–Crippen MR) is 64.5 cm³/mol. The summed E-state index contributed by atoms with van der Waals surface area (Å²) in [6, 6.07) is 7.20. The number of nitrogens with zero attached hydrogens (tertiary/aromatic N) is 1. The first-order valence-electron chi connectivity index (χ1n) is 4.70. The van der Waals surface area contributed by atoms with Crippen LogP contribution in [0.5, 0.6) is 0 Å². The quantitative estimate of drug-likeness (QED) is 0.794. The molecule has 0 spiro atoms. The van der Waals surface area contributed by atoms with Crippen molar-refractivity contribution < 1.29 is 0 Å². The lowest BCUT2D eigenvalue weighted by molar-refractivity contribution is 1.04. The minimum atomic E-state index is -0.437. The molecule has 0 unspecified atom stereocenters. The standard InChI is InChI=1S/C11H10ClN3O/c1-6-9(10(13)15-11(16)14-6)7-2-4-8(12)5-3-7/h2-5H,1H3,(H3,13,14,15,16). The van der Waals surface area contributed by atoms with Crippen LogP contribution in [0.1, 0.15) is 5.69 Å². The van der Waals surface area contributed by atoms with Gasteiger partial charge in [0, 0.05) is 16.3 Å². The number of aryl methyl sites for hydroxylation is 1. The van der Waals surface area contributed by atoms with Crippen molar-refractivity contribution in [2.75, 3.05) is 5.73 Å². The van der Waals surface area contributed by atoms with Crippen molar-refractivity contribution in [2.24, 2.45) is 0 Å². The van der Waals surface area contributed by atoms with Crippen LogP contribution in [0.2, 0.25) is 5.02 Å². The third kappa shape index (κ3) is 1.92. The smallest absolute Gasteiger partial charge is 0.347 e. The summed E-state index contributed by atoms with van der Waals surface area (Å²) in [6.07, 6.45) is 0. The second-order valence-corrected chi connectivity index (χ2v) is 3.87. The molecule has 16 heavy (non-hydrogen) atoms. The van der Waals surface area contributed by atoms with Crippen LogP contribution in [0.4, 0.5) is 5.82 Å². The molecule has 0 aliphatic heterocycles. The van der Waals surface area contributed by atoms with Gasteiger partial charge < -0.3 is 10.7 Å². The van der Waals surface area contributed by atoms with Crippen molar-refractivity contribution >= 4 is 17.4 Å². The van der Waals surface area contributed by atoms with E-state index < -0.39 is 5.69 Å². The van der Waals surface area contributed by atoms with E-state index in [1.807, 2.05) is 12.1 Å². The summed E-state index contributed by atoms with van der Waals surface area (Å²) in [5.74, 6) is 0.226. The molecule has 0 aliphatic rings. The molecule has 0 amide bonds. The third-order valence-corrected chi connectivity index (χ3v) is 2.53. The van der Waals surface area contributed by atoms with Gasteiger partial charge in [-0.2, -0.15) is 4.98 Å². The van der Waals surface area contributed by atoms with E-state index in [4.69, 9.17) is 17.3 Å². The second kappa shape index (κ2) is 3.98. The van der Waals surface area contributed by atoms with Gasteiger partial charge in [0.2, 0.25) is 0 Å². The number of anilines is 1. The first kappa shape index (κ1) is 10.7. The molecule has 2 rings (SSSR count). The number of rotatable bonds is 1. The summed E-state index contributed by atoms with van der Waals surface area (Å²) in [4.78, 5) is 17.4. The van der Waals surface area contributed by atoms with E-state index in [1.54, 1.807) is 19.1 Å². The molecule has 1 aromatic heterocycles. The van der Waals surface area contributed by atoms with Gasteiger partial charge in [0.25, 0.3) is 0 Å². The van der Waals surface area contributed by atoms with E-state index in [-0.39, 0.29) is 5.82 Å². The number of aromatic amines is 1. The number of H-pyrrole nitrogens is 1. The maximum atomic E-state index is 11.1. The van der Waals surface area contributed by atoms with E-state index in [1.165, 1.54) is 0 Å². The average molecular weight is 236 g/mol. The van der Waals surface area contributed by atoms with E-state index in [9.17, 15) is 4.79 Å². The molecule has 2 aromatic rings. The number of hydrogen-bond donors (Lipinski definition) is 2. The lowest BCUT2D eigenvalue weighted by Gasteiger charge is -2.07. The van der Waals surface area contributed by atoms with Crippen LogP contribution in [0.15, 0.2) is 29.1 Å². The summed E-state index contributed by atoms with van der Waals surface area (Å²) in [7, 11) is 0. The minimum absolute atomic E-state index is 0.226. The summed E-state index contributed by atoms with van der Waals surface area (Å²) in [6.45, 7) is 1.78. The van der Waals surface area contributed by atoms with Crippen molar-refractivity contribution in [3.8, 4) is 11.1 Å². The zero-order chi connectivity index (χ0) is 11.7. The van der Waals surface area contributed by atoms with Crippen LogP contribution < -0.4 is 11.4 Å². The maximum absolute atomic E-state index is 11.1. The Balaban J connectivity index is 2.64. The highest BCUT2D eigenvalue weighted by atomic mass is 35.5. The van der Waals surface area contributed by atoms with Gasteiger partial charge in [0.05, 0.1) is 0 Å². The first-order chi connectivity index (χ1) is 7.58. The number of nitrogens with two attached hydrogens (primary N) is 1. The molecule has 1 aromatic carbocycles. The normalized spacial score (nSPS) is 10.4. The fourth-order valence-corrected chi connectivity index (χ4v) is 1.72. The number of hydrogen-bond acceptors (Lipinski definition) is 3. The lowest BCUT2D eigenvalue weighted by Crippen LogP contribution is -2.15. The SMILES string of the molecule is Cc1[nH]c(=O)nc(N)c1-c1ccc(Cl)cc1. The molecule has 0 saturated carbocycles. The number of nitrogen functional groups attached to an aromatic ring is 1. The fourth-order valence-electron chi connectivity index (χ4n) is 1.59. The van der Waals surface area contributed by atoms with Crippen LogP contribution in [-0.2, 0) is 0 Å². The molecule has 3 N–H and O–H groups in total. The molecular weight excluding hydrogens is 226 g/mol. The lowest BCUT2D eigenvalue weighted by atomic mass is 10.1. The number of aromatic nitrogens is 2. The highest BCUT2D eigenvalue weighted by molar-refractivity contribution is 6.30. The van der Waals surface area contributed by atoms with Crippen LogP contribution in [0.3, 0.4) is 0 Å². The zero-order valence-electron chi connectivity index (χ0n) is 8.62. The number of nitrogens with one attached hydrogen (secondary N) is 1. The molecule has 0 fully saturated rings. The van der Waals surface area contributed by atoms with Gasteiger partial charge in [-0.1, -0.05) is 23.7 Å². The Kier molecular flexibility index (Phi) is 2.66. The Morgan fingerprint density at radius 3 is 2.50 bits per heavy atom. The highest BCUT2D eigenvalue weighted by Gasteiger charge is 2.08. The van der Waals surface area contributed by atoms with E-state index >= 15 is 0 Å². The summed E-state index contributed by atoms with van der Waals surface area (Å²) in [5.41, 5.74) is 7.60. The molecule has 0 aliphatic carbocycles. The summed E-state index contributed by atoms with van der Waals surface area (Å²) < 4.78 is 0. The Morgan fingerprint density at radius 2 is 1.94 bits per heavy atom. The van der Waals surface area contributed by atoms with Gasteiger partial charge in [-0.3, -0.25) is 0 Å². The van der Waals surface area contributed by atoms with Gasteiger partial charge >= 0.3 is 5.69 Å². The monoisotopic (exact) mass is 235 g/mol. The average Bonchev–Trinajstić information content (AvgIpc) is 2.19. The number of halogens is 1. The molecular formula is C11H10ClN3O. The maximum Gasteiger partial charge on any atom is 0.347 e. The van der Waals surface area contributed by atoms with Crippen LogP contribution >= 0.6 is 11.6 Å². The van der Waals surface area contributed by atoms with Crippen LogP contribution in [0.25, 0.3) is 11.1 Å². The molecule has 0 bridgehead atoms. The van der Waals surface area contributed by atoms with Crippen molar-refractivity contribution in [1.82, 2.24) is 9.97 Å². The predicted octanol–water partition coefficient (Wildman–Crippen LogP) is 1.98. The van der Waals surface area contributed by atoms with E-state index in [2.05, 4.69) is 9.97 Å². The zero-order valence-corrected chi connectivity index (χ0v) is 9.38. The topological polar surface area (TPSA) is 71.8 Å². The van der Waals surface area contributed by atoms with E-state index in [0.717, 1.165) is 11.1 Å². The summed E-state index contributed by atoms with van der Waals surface area (Å²) in [5, 5.41) is 0.650. The second-order valence-electron chi connectivity index (χ2n) is 3.43. The van der Waals surface area contributed by atoms with Crippen LogP contribution in [-0.4, -0.2) is 9.97 Å². The molecule has 1 heterocycles. The van der Waals surface area contributed by atoms with Gasteiger partial charge in [0.15, 0.2) is 0 Å². The Bertz CT molecular complexity index is 549. The Hall–Kier alpha value is -1.81. The molecule has 0 atom stereocenters. The summed E-state index contributed by atoms with van der Waals surface area (Å²) >= 11 is 5.80. The van der Waals surface area contributed by atoms with Gasteiger partial charge in [-0.15, -0.1) is 0 Å². The third-order valence-electron chi connectivity index (χ3n) is 2.28. The van der Waals surface area contributed by atoms with Crippen molar-refractivity contribution in [1.29, 1.82) is 0 Å². The van der Waals surface area contributed by atoms with Gasteiger partial charge in [-0.05, 0) is 24.6 Å². The number of benzene rings is 1. The minimum Gasteiger partial charge on any atom is -0.383 e. The van der Waals surface area contributed by atoms with E-state index in [0.29, 0.717) is 10.7 Å². The van der Waals surface area contributed by atoms with Gasteiger partial charge in [0.1, 0.15) is 5.82 Å². The highest BCUT2D eigenvalue weighted by Crippen LogP contribution is 2.26. The van der Waals surface area contributed by atoms with Crippen molar-refractivity contribution in [3.05, 3.63) is 45.5 Å². The Morgan fingerprint density at radius 1 is 1.31 bits per heavy atom. The first-order valence-corrected chi connectivity index (χ1v) is 5.08. The van der Waals surface area contributed by atoms with Crippen molar-refractivity contribution in [3.63, 3.8) is 0 Å². The molecule has 0 radical (unpaired) electrons. The molecule has 4 nitrogen and oxygen atoms in total. The molecule has 5 heteroatoms. The Labute approximate surface area is 97.1 Å². The molecule has 82 valence electrons. The van der Waals surface area contributed by atoms with Gasteiger partial charge in [-0.25, -0.2) is 4.79 Å².